The summed E-state index contributed by atoms with van der Waals surface area (Å²) in [7, 11) is -3.41. The second kappa shape index (κ2) is 7.92. The molecule has 0 unspecified atom stereocenters. The van der Waals surface area contributed by atoms with E-state index in [0.29, 0.717) is 11.3 Å². The average Bonchev–Trinajstić information content (AvgIpc) is 2.68. The van der Waals surface area contributed by atoms with Gasteiger partial charge in [-0.05, 0) is 49.6 Å². The minimum Gasteiger partial charge on any atom is -0.339 e. The van der Waals surface area contributed by atoms with Gasteiger partial charge in [-0.25, -0.2) is 8.42 Å². The van der Waals surface area contributed by atoms with Gasteiger partial charge in [0, 0.05) is 24.9 Å². The molecule has 0 bridgehead atoms. The minimum absolute atomic E-state index is 0.0767. The molecule has 0 radical (unpaired) electrons. The van der Waals surface area contributed by atoms with Crippen LogP contribution in [0.3, 0.4) is 0 Å². The molecule has 1 heterocycles. The van der Waals surface area contributed by atoms with E-state index < -0.39 is 15.7 Å². The Morgan fingerprint density at radius 3 is 2.37 bits per heavy atom. The molecule has 142 valence electrons. The smallest absolute Gasteiger partial charge is 0.255 e. The number of hydrogen-bond donors (Lipinski definition) is 1. The Hall–Kier alpha value is -2.67. The van der Waals surface area contributed by atoms with Crippen LogP contribution in [0.15, 0.2) is 53.4 Å². The van der Waals surface area contributed by atoms with Crippen molar-refractivity contribution in [3.8, 4) is 0 Å². The van der Waals surface area contributed by atoms with E-state index in [4.69, 9.17) is 0 Å². The number of sulfone groups is 1. The van der Waals surface area contributed by atoms with Crippen LogP contribution in [0.1, 0.15) is 40.0 Å². The van der Waals surface area contributed by atoms with Gasteiger partial charge < -0.3 is 10.2 Å². The number of benzene rings is 2. The summed E-state index contributed by atoms with van der Waals surface area (Å²) in [5.74, 6) is -0.560. The molecule has 0 spiro atoms. The van der Waals surface area contributed by atoms with E-state index in [1.807, 2.05) is 0 Å². The highest BCUT2D eigenvalue weighted by Crippen LogP contribution is 2.21. The van der Waals surface area contributed by atoms with Crippen LogP contribution < -0.4 is 5.32 Å². The van der Waals surface area contributed by atoms with Crippen molar-refractivity contribution in [2.75, 3.05) is 24.7 Å². The Labute approximate surface area is 159 Å². The second-order valence-electron chi connectivity index (χ2n) is 6.65. The van der Waals surface area contributed by atoms with Crippen LogP contribution >= 0.6 is 0 Å². The summed E-state index contributed by atoms with van der Waals surface area (Å²) < 4.78 is 23.4. The fourth-order valence-electron chi connectivity index (χ4n) is 3.11. The van der Waals surface area contributed by atoms with Crippen molar-refractivity contribution >= 4 is 27.3 Å². The molecule has 6 nitrogen and oxygen atoms in total. The maximum absolute atomic E-state index is 12.8. The molecule has 1 aliphatic rings. The lowest BCUT2D eigenvalue weighted by atomic mass is 10.1. The second-order valence-corrected chi connectivity index (χ2v) is 8.67. The third-order valence-electron chi connectivity index (χ3n) is 4.57. The van der Waals surface area contributed by atoms with E-state index >= 15 is 0 Å². The van der Waals surface area contributed by atoms with Gasteiger partial charge in [-0.15, -0.1) is 0 Å². The first-order valence-electron chi connectivity index (χ1n) is 8.86. The van der Waals surface area contributed by atoms with Gasteiger partial charge in [-0.1, -0.05) is 18.2 Å². The summed E-state index contributed by atoms with van der Waals surface area (Å²) in [4.78, 5) is 27.3. The van der Waals surface area contributed by atoms with Crippen molar-refractivity contribution < 1.29 is 18.0 Å². The predicted molar refractivity (Wildman–Crippen MR) is 104 cm³/mol. The third-order valence-corrected chi connectivity index (χ3v) is 5.68. The van der Waals surface area contributed by atoms with Crippen molar-refractivity contribution in [1.29, 1.82) is 0 Å². The summed E-state index contributed by atoms with van der Waals surface area (Å²) >= 11 is 0. The predicted octanol–water partition coefficient (Wildman–Crippen LogP) is 2.97. The maximum Gasteiger partial charge on any atom is 0.255 e. The molecule has 2 amide bonds. The topological polar surface area (TPSA) is 83.5 Å². The zero-order chi connectivity index (χ0) is 19.4. The van der Waals surface area contributed by atoms with Crippen LogP contribution in [0.2, 0.25) is 0 Å². The van der Waals surface area contributed by atoms with Gasteiger partial charge in [0.2, 0.25) is 0 Å². The van der Waals surface area contributed by atoms with Crippen LogP contribution in [-0.2, 0) is 9.84 Å². The molecular formula is C20H22N2O4S. The minimum atomic E-state index is -3.41. The quantitative estimate of drug-likeness (QED) is 0.876. The van der Waals surface area contributed by atoms with E-state index in [2.05, 4.69) is 5.32 Å². The Morgan fingerprint density at radius 2 is 1.67 bits per heavy atom. The van der Waals surface area contributed by atoms with Crippen molar-refractivity contribution in [2.24, 2.45) is 0 Å². The van der Waals surface area contributed by atoms with E-state index in [-0.39, 0.29) is 16.4 Å². The molecule has 1 N–H and O–H groups in total. The highest BCUT2D eigenvalue weighted by atomic mass is 32.2. The van der Waals surface area contributed by atoms with Crippen LogP contribution in [0.5, 0.6) is 0 Å². The number of hydrogen-bond acceptors (Lipinski definition) is 4. The largest absolute Gasteiger partial charge is 0.339 e. The normalized spacial score (nSPS) is 14.6. The Kier molecular flexibility index (Phi) is 5.60. The molecular weight excluding hydrogens is 364 g/mol. The lowest BCUT2D eigenvalue weighted by molar-refractivity contribution is 0.0725. The summed E-state index contributed by atoms with van der Waals surface area (Å²) in [5.41, 5.74) is 1.08. The number of anilines is 1. The molecule has 1 fully saturated rings. The maximum atomic E-state index is 12.8. The monoisotopic (exact) mass is 386 g/mol. The molecule has 1 saturated heterocycles. The zero-order valence-corrected chi connectivity index (χ0v) is 16.0. The first kappa shape index (κ1) is 19.1. The van der Waals surface area contributed by atoms with Crippen molar-refractivity contribution in [3.63, 3.8) is 0 Å². The number of para-hydroxylation sites is 1. The van der Waals surface area contributed by atoms with Gasteiger partial charge in [0.1, 0.15) is 0 Å². The molecule has 2 aromatic carbocycles. The van der Waals surface area contributed by atoms with Gasteiger partial charge in [-0.3, -0.25) is 9.59 Å². The van der Waals surface area contributed by atoms with E-state index in [9.17, 15) is 18.0 Å². The standard InChI is InChI=1S/C20H22N2O4S/c1-27(25,26)16-9-7-8-15(14-16)19(23)21-18-11-4-3-10-17(18)20(24)22-12-5-2-6-13-22/h3-4,7-11,14H,2,5-6,12-13H2,1H3,(H,21,23). The van der Waals surface area contributed by atoms with Crippen LogP contribution in [0.25, 0.3) is 0 Å². The highest BCUT2D eigenvalue weighted by molar-refractivity contribution is 7.90. The first-order chi connectivity index (χ1) is 12.9. The number of rotatable bonds is 4. The van der Waals surface area contributed by atoms with Gasteiger partial charge in [0.25, 0.3) is 11.8 Å². The van der Waals surface area contributed by atoms with E-state index in [1.165, 1.54) is 18.2 Å². The SMILES string of the molecule is CS(=O)(=O)c1cccc(C(=O)Nc2ccccc2C(=O)N2CCCCC2)c1. The summed E-state index contributed by atoms with van der Waals surface area (Å²) in [5, 5.41) is 2.74. The molecule has 0 aromatic heterocycles. The number of nitrogens with one attached hydrogen (secondary N) is 1. The van der Waals surface area contributed by atoms with E-state index in [0.717, 1.165) is 38.6 Å². The Bertz CT molecular complexity index is 963. The van der Waals surface area contributed by atoms with Crippen molar-refractivity contribution in [1.82, 2.24) is 4.90 Å². The number of carbonyl (C=O) groups excluding carboxylic acids is 2. The van der Waals surface area contributed by atoms with Crippen molar-refractivity contribution in [3.05, 3.63) is 59.7 Å². The molecule has 0 saturated carbocycles. The first-order valence-corrected chi connectivity index (χ1v) is 10.8. The fraction of sp³-hybridized carbons (Fsp3) is 0.300. The number of likely N-dealkylation sites (tertiary alicyclic amines) is 1. The van der Waals surface area contributed by atoms with Crippen LogP contribution in [0.4, 0.5) is 5.69 Å². The van der Waals surface area contributed by atoms with Gasteiger partial charge in [0.05, 0.1) is 16.1 Å². The third kappa shape index (κ3) is 4.54. The lowest BCUT2D eigenvalue weighted by Gasteiger charge is -2.27. The highest BCUT2D eigenvalue weighted by Gasteiger charge is 2.21. The molecule has 7 heteroatoms. The van der Waals surface area contributed by atoms with Gasteiger partial charge in [0.15, 0.2) is 9.84 Å². The molecule has 2 aromatic rings. The lowest BCUT2D eigenvalue weighted by Crippen LogP contribution is -2.36. The molecule has 3 rings (SSSR count). The van der Waals surface area contributed by atoms with Crippen LogP contribution in [-0.4, -0.2) is 44.5 Å². The van der Waals surface area contributed by atoms with Crippen molar-refractivity contribution in [2.45, 2.75) is 24.2 Å². The summed E-state index contributed by atoms with van der Waals surface area (Å²) in [6, 6.07) is 12.7. The number of piperidine rings is 1. The zero-order valence-electron chi connectivity index (χ0n) is 15.1. The van der Waals surface area contributed by atoms with Crippen LogP contribution in [0, 0.1) is 0 Å². The Balaban J connectivity index is 1.84. The molecule has 0 aliphatic carbocycles. The fourth-order valence-corrected chi connectivity index (χ4v) is 3.78. The van der Waals surface area contributed by atoms with E-state index in [1.54, 1.807) is 35.2 Å². The Morgan fingerprint density at radius 1 is 0.963 bits per heavy atom. The van der Waals surface area contributed by atoms with Gasteiger partial charge >= 0.3 is 0 Å². The molecule has 27 heavy (non-hydrogen) atoms. The molecule has 1 aliphatic heterocycles. The van der Waals surface area contributed by atoms with Gasteiger partial charge in [-0.2, -0.15) is 0 Å². The number of amides is 2. The number of carbonyl (C=O) groups is 2. The summed E-state index contributed by atoms with van der Waals surface area (Å²) in [6.07, 6.45) is 4.19. The number of nitrogens with zero attached hydrogens (tertiary/aromatic N) is 1. The average molecular weight is 386 g/mol. The molecule has 0 atom stereocenters. The summed E-state index contributed by atoms with van der Waals surface area (Å²) in [6.45, 7) is 1.44.